The SMILES string of the molecule is I.NC(=NCCS(=O)(=O)N1CCN(c2ccccn2)CC1)Nc1ccc2c(c1)CCC2. The number of nitrogens with zero attached hydrogens (tertiary/aromatic N) is 4. The number of hydrogen-bond acceptors (Lipinski definition) is 5. The number of aromatic nitrogens is 1. The van der Waals surface area contributed by atoms with Crippen LogP contribution in [0.3, 0.4) is 0 Å². The number of aliphatic imine (C=N–C) groups is 1. The molecule has 1 fully saturated rings. The van der Waals surface area contributed by atoms with E-state index in [4.69, 9.17) is 5.73 Å². The molecule has 168 valence electrons. The van der Waals surface area contributed by atoms with Gasteiger partial charge in [0, 0.05) is 38.1 Å². The number of rotatable bonds is 6. The van der Waals surface area contributed by atoms with Gasteiger partial charge in [0.05, 0.1) is 12.3 Å². The van der Waals surface area contributed by atoms with Gasteiger partial charge < -0.3 is 16.0 Å². The number of hydrogen-bond donors (Lipinski definition) is 2. The topological polar surface area (TPSA) is 104 Å². The first-order chi connectivity index (χ1) is 14.5. The number of guanidine groups is 1. The van der Waals surface area contributed by atoms with Crippen molar-refractivity contribution in [3.63, 3.8) is 0 Å². The molecule has 0 saturated carbocycles. The Hall–Kier alpha value is -1.92. The zero-order chi connectivity index (χ0) is 21.0. The van der Waals surface area contributed by atoms with Crippen molar-refractivity contribution in [1.82, 2.24) is 9.29 Å². The summed E-state index contributed by atoms with van der Waals surface area (Å²) in [7, 11) is -3.37. The summed E-state index contributed by atoms with van der Waals surface area (Å²) in [4.78, 5) is 10.6. The van der Waals surface area contributed by atoms with Crippen molar-refractivity contribution in [3.8, 4) is 0 Å². The van der Waals surface area contributed by atoms with Gasteiger partial charge in [-0.25, -0.2) is 13.4 Å². The van der Waals surface area contributed by atoms with Crippen LogP contribution in [0.25, 0.3) is 0 Å². The minimum Gasteiger partial charge on any atom is -0.370 e. The Labute approximate surface area is 201 Å². The predicted molar refractivity (Wildman–Crippen MR) is 136 cm³/mol. The second-order valence-corrected chi connectivity index (χ2v) is 9.71. The Morgan fingerprint density at radius 3 is 2.61 bits per heavy atom. The summed E-state index contributed by atoms with van der Waals surface area (Å²) in [5.41, 5.74) is 9.59. The molecule has 1 aliphatic carbocycles. The van der Waals surface area contributed by atoms with E-state index < -0.39 is 10.0 Å². The fourth-order valence-electron chi connectivity index (χ4n) is 3.98. The third-order valence-electron chi connectivity index (χ3n) is 5.61. The minimum absolute atomic E-state index is 0. The molecule has 0 unspecified atom stereocenters. The number of piperazine rings is 1. The molecule has 1 aliphatic heterocycles. The lowest BCUT2D eigenvalue weighted by molar-refractivity contribution is 0.384. The molecule has 10 heteroatoms. The van der Waals surface area contributed by atoms with Crippen LogP contribution in [0.15, 0.2) is 47.6 Å². The van der Waals surface area contributed by atoms with Gasteiger partial charge in [-0.3, -0.25) is 4.99 Å². The molecule has 8 nitrogen and oxygen atoms in total. The highest BCUT2D eigenvalue weighted by Gasteiger charge is 2.27. The van der Waals surface area contributed by atoms with Gasteiger partial charge in [0.25, 0.3) is 0 Å². The van der Waals surface area contributed by atoms with E-state index in [1.54, 1.807) is 6.20 Å². The quantitative estimate of drug-likeness (QED) is 0.321. The first-order valence-electron chi connectivity index (χ1n) is 10.3. The van der Waals surface area contributed by atoms with Gasteiger partial charge in [0.1, 0.15) is 5.82 Å². The van der Waals surface area contributed by atoms with Crippen LogP contribution in [0.4, 0.5) is 11.5 Å². The maximum atomic E-state index is 12.7. The second-order valence-electron chi connectivity index (χ2n) is 7.62. The predicted octanol–water partition coefficient (Wildman–Crippen LogP) is 2.07. The van der Waals surface area contributed by atoms with Crippen molar-refractivity contribution in [2.45, 2.75) is 19.3 Å². The van der Waals surface area contributed by atoms with Gasteiger partial charge >= 0.3 is 0 Å². The zero-order valence-corrected chi connectivity index (χ0v) is 20.6. The number of halogens is 1. The zero-order valence-electron chi connectivity index (χ0n) is 17.4. The number of benzene rings is 1. The average molecular weight is 556 g/mol. The fourth-order valence-corrected chi connectivity index (χ4v) is 5.28. The number of anilines is 2. The summed E-state index contributed by atoms with van der Waals surface area (Å²) in [6.07, 6.45) is 5.16. The van der Waals surface area contributed by atoms with E-state index >= 15 is 0 Å². The molecular weight excluding hydrogens is 527 g/mol. The summed E-state index contributed by atoms with van der Waals surface area (Å²) < 4.78 is 26.8. The molecule has 0 radical (unpaired) electrons. The molecule has 1 aromatic carbocycles. The van der Waals surface area contributed by atoms with Gasteiger partial charge in [-0.15, -0.1) is 24.0 Å². The number of sulfonamides is 1. The highest BCUT2D eigenvalue weighted by Crippen LogP contribution is 2.24. The molecule has 31 heavy (non-hydrogen) atoms. The van der Waals surface area contributed by atoms with Crippen LogP contribution in [0.1, 0.15) is 17.5 Å². The Kier molecular flexibility index (Phi) is 8.11. The summed E-state index contributed by atoms with van der Waals surface area (Å²) in [6.45, 7) is 2.28. The Bertz CT molecular complexity index is 1010. The van der Waals surface area contributed by atoms with E-state index in [0.29, 0.717) is 26.2 Å². The molecule has 2 aromatic rings. The Morgan fingerprint density at radius 1 is 1.10 bits per heavy atom. The molecule has 0 bridgehead atoms. The van der Waals surface area contributed by atoms with Crippen LogP contribution in [-0.4, -0.2) is 62.1 Å². The van der Waals surface area contributed by atoms with Gasteiger partial charge in [-0.2, -0.15) is 4.31 Å². The van der Waals surface area contributed by atoms with Crippen LogP contribution in [-0.2, 0) is 22.9 Å². The van der Waals surface area contributed by atoms with E-state index in [2.05, 4.69) is 32.3 Å². The van der Waals surface area contributed by atoms with Crippen LogP contribution >= 0.6 is 24.0 Å². The number of fused-ring (bicyclic) bond motifs is 1. The Morgan fingerprint density at radius 2 is 1.87 bits per heavy atom. The first-order valence-corrected chi connectivity index (χ1v) is 11.9. The van der Waals surface area contributed by atoms with E-state index in [9.17, 15) is 8.42 Å². The average Bonchev–Trinajstić information content (AvgIpc) is 3.22. The van der Waals surface area contributed by atoms with Crippen molar-refractivity contribution in [1.29, 1.82) is 0 Å². The molecule has 2 heterocycles. The fraction of sp³-hybridized carbons (Fsp3) is 0.429. The third-order valence-corrected chi connectivity index (χ3v) is 7.46. The molecule has 1 aromatic heterocycles. The maximum absolute atomic E-state index is 12.7. The normalized spacial score (nSPS) is 17.2. The molecule has 4 rings (SSSR count). The highest BCUT2D eigenvalue weighted by molar-refractivity contribution is 14.0. The van der Waals surface area contributed by atoms with Crippen molar-refractivity contribution in [2.24, 2.45) is 10.7 Å². The molecule has 3 N–H and O–H groups in total. The van der Waals surface area contributed by atoms with Crippen molar-refractivity contribution in [2.75, 3.05) is 48.7 Å². The molecule has 1 saturated heterocycles. The van der Waals surface area contributed by atoms with Gasteiger partial charge in [0.15, 0.2) is 5.96 Å². The van der Waals surface area contributed by atoms with E-state index in [1.165, 1.54) is 21.9 Å². The molecule has 0 spiro atoms. The van der Waals surface area contributed by atoms with E-state index in [1.807, 2.05) is 24.3 Å². The lowest BCUT2D eigenvalue weighted by Crippen LogP contribution is -2.49. The highest BCUT2D eigenvalue weighted by atomic mass is 127. The van der Waals surface area contributed by atoms with Crippen LogP contribution in [0.5, 0.6) is 0 Å². The molecule has 0 amide bonds. The molecule has 0 atom stereocenters. The van der Waals surface area contributed by atoms with Gasteiger partial charge in [-0.1, -0.05) is 12.1 Å². The van der Waals surface area contributed by atoms with Crippen molar-refractivity contribution < 1.29 is 8.42 Å². The monoisotopic (exact) mass is 556 g/mol. The summed E-state index contributed by atoms with van der Waals surface area (Å²) in [5, 5.41) is 3.07. The maximum Gasteiger partial charge on any atom is 0.216 e. The van der Waals surface area contributed by atoms with Crippen molar-refractivity contribution >= 4 is 51.5 Å². The third kappa shape index (κ3) is 6.07. The standard InChI is InChI=1S/C21H28N6O2S.HI/c22-21(25-19-8-7-17-4-3-5-18(17)16-19)24-10-15-30(28,29)27-13-11-26(12-14-27)20-6-1-2-9-23-20;/h1-2,6-9,16H,3-5,10-15H2,(H3,22,24,25);1H. The van der Waals surface area contributed by atoms with Gasteiger partial charge in [0.2, 0.25) is 10.0 Å². The van der Waals surface area contributed by atoms with E-state index in [-0.39, 0.29) is 42.2 Å². The lowest BCUT2D eigenvalue weighted by Gasteiger charge is -2.34. The van der Waals surface area contributed by atoms with Crippen LogP contribution < -0.4 is 16.0 Å². The molecule has 2 aliphatic rings. The number of pyridine rings is 1. The Balaban J connectivity index is 0.00000272. The second kappa shape index (κ2) is 10.6. The number of nitrogens with one attached hydrogen (secondary N) is 1. The number of aryl methyl sites for hydroxylation is 2. The van der Waals surface area contributed by atoms with Crippen LogP contribution in [0, 0.1) is 0 Å². The summed E-state index contributed by atoms with van der Waals surface area (Å²) in [5.74, 6) is 1.07. The van der Waals surface area contributed by atoms with Crippen molar-refractivity contribution in [3.05, 3.63) is 53.7 Å². The first kappa shape index (κ1) is 23.7. The summed E-state index contributed by atoms with van der Waals surface area (Å²) in [6, 6.07) is 12.0. The minimum atomic E-state index is -3.37. The lowest BCUT2D eigenvalue weighted by atomic mass is 10.1. The van der Waals surface area contributed by atoms with Gasteiger partial charge in [-0.05, 0) is 54.7 Å². The largest absolute Gasteiger partial charge is 0.370 e. The smallest absolute Gasteiger partial charge is 0.216 e. The van der Waals surface area contributed by atoms with E-state index in [0.717, 1.165) is 24.3 Å². The summed E-state index contributed by atoms with van der Waals surface area (Å²) >= 11 is 0. The van der Waals surface area contributed by atoms with Crippen LogP contribution in [0.2, 0.25) is 0 Å². The number of nitrogens with two attached hydrogens (primary N) is 1. The molecular formula is C21H29IN6O2S.